The van der Waals surface area contributed by atoms with Crippen molar-refractivity contribution in [2.75, 3.05) is 0 Å². The summed E-state index contributed by atoms with van der Waals surface area (Å²) in [5.74, 6) is -0.931. The molecule has 0 saturated heterocycles. The number of pyridine rings is 1. The number of amides is 1. The second-order valence-corrected chi connectivity index (χ2v) is 5.34. The summed E-state index contributed by atoms with van der Waals surface area (Å²) in [6.07, 6.45) is 1.10. The summed E-state index contributed by atoms with van der Waals surface area (Å²) in [7, 11) is 0. The van der Waals surface area contributed by atoms with Crippen molar-refractivity contribution in [1.29, 1.82) is 0 Å². The number of hydrogen-bond acceptors (Lipinski definition) is 5. The highest BCUT2D eigenvalue weighted by Gasteiger charge is 2.18. The molecule has 0 aliphatic rings. The maximum Gasteiger partial charge on any atom is 0.350 e. The molecule has 0 atom stereocenters. The zero-order valence-electron chi connectivity index (χ0n) is 13.8. The quantitative estimate of drug-likeness (QED) is 0.671. The standard InChI is InChI=1S/C17H13F3N6O/c1-2-14(27)21-9-11-5-8-13(10-3-6-12(18)7-4-10)22-15(11)16-23-25-26(24-16)17(19)20/h2-8,17H,1,9H2,(H,21,27). The normalized spacial score (nSPS) is 10.8. The summed E-state index contributed by atoms with van der Waals surface area (Å²) in [6, 6.07) is 8.92. The van der Waals surface area contributed by atoms with Gasteiger partial charge >= 0.3 is 6.55 Å². The highest BCUT2D eigenvalue weighted by molar-refractivity contribution is 5.86. The molecule has 3 aromatic rings. The molecule has 0 spiro atoms. The van der Waals surface area contributed by atoms with Crippen molar-refractivity contribution < 1.29 is 18.0 Å². The first-order valence-corrected chi connectivity index (χ1v) is 7.72. The van der Waals surface area contributed by atoms with Crippen LogP contribution in [0.3, 0.4) is 0 Å². The van der Waals surface area contributed by atoms with Gasteiger partial charge in [0.05, 0.1) is 5.69 Å². The Hall–Kier alpha value is -3.56. The van der Waals surface area contributed by atoms with Gasteiger partial charge in [0.25, 0.3) is 0 Å². The molecule has 3 rings (SSSR count). The molecule has 2 aromatic heterocycles. The van der Waals surface area contributed by atoms with Crippen molar-refractivity contribution in [2.45, 2.75) is 13.1 Å². The maximum absolute atomic E-state index is 13.1. The molecule has 1 N–H and O–H groups in total. The zero-order valence-corrected chi connectivity index (χ0v) is 13.8. The SMILES string of the molecule is C=CC(=O)NCc1ccc(-c2ccc(F)cc2)nc1-c1nnn(C(F)F)n1. The molecule has 1 aromatic carbocycles. The summed E-state index contributed by atoms with van der Waals surface area (Å²) in [5.41, 5.74) is 1.73. The number of carbonyl (C=O) groups is 1. The number of tetrazole rings is 1. The lowest BCUT2D eigenvalue weighted by Gasteiger charge is -2.09. The number of rotatable bonds is 6. The Kier molecular flexibility index (Phi) is 5.25. The highest BCUT2D eigenvalue weighted by atomic mass is 19.3. The van der Waals surface area contributed by atoms with Gasteiger partial charge in [0.2, 0.25) is 11.7 Å². The van der Waals surface area contributed by atoms with Crippen LogP contribution >= 0.6 is 0 Å². The van der Waals surface area contributed by atoms with E-state index in [-0.39, 0.29) is 22.9 Å². The van der Waals surface area contributed by atoms with E-state index < -0.39 is 18.3 Å². The fourth-order valence-electron chi connectivity index (χ4n) is 2.26. The molecule has 0 saturated carbocycles. The van der Waals surface area contributed by atoms with Crippen LogP contribution in [0.4, 0.5) is 13.2 Å². The van der Waals surface area contributed by atoms with Gasteiger partial charge in [0, 0.05) is 17.7 Å². The van der Waals surface area contributed by atoms with Gasteiger partial charge in [0.1, 0.15) is 11.5 Å². The number of aromatic nitrogens is 5. The van der Waals surface area contributed by atoms with Gasteiger partial charge in [-0.25, -0.2) is 9.37 Å². The Morgan fingerprint density at radius 3 is 2.59 bits per heavy atom. The van der Waals surface area contributed by atoms with Gasteiger partial charge in [-0.15, -0.1) is 10.2 Å². The van der Waals surface area contributed by atoms with Crippen molar-refractivity contribution >= 4 is 5.91 Å². The highest BCUT2D eigenvalue weighted by Crippen LogP contribution is 2.24. The van der Waals surface area contributed by atoms with Gasteiger partial charge in [-0.3, -0.25) is 4.79 Å². The summed E-state index contributed by atoms with van der Waals surface area (Å²) in [6.45, 7) is 0.464. The predicted octanol–water partition coefficient (Wildman–Crippen LogP) is 2.74. The molecular weight excluding hydrogens is 361 g/mol. The van der Waals surface area contributed by atoms with E-state index in [0.29, 0.717) is 16.8 Å². The lowest BCUT2D eigenvalue weighted by atomic mass is 10.1. The number of hydrogen-bond donors (Lipinski definition) is 1. The van der Waals surface area contributed by atoms with Gasteiger partial charge in [0.15, 0.2) is 0 Å². The Morgan fingerprint density at radius 1 is 1.22 bits per heavy atom. The van der Waals surface area contributed by atoms with Gasteiger partial charge in [-0.1, -0.05) is 17.4 Å². The predicted molar refractivity (Wildman–Crippen MR) is 89.7 cm³/mol. The first-order chi connectivity index (χ1) is 13.0. The van der Waals surface area contributed by atoms with E-state index in [1.165, 1.54) is 24.3 Å². The van der Waals surface area contributed by atoms with Gasteiger partial charge in [-0.2, -0.15) is 8.78 Å². The molecule has 0 radical (unpaired) electrons. The minimum Gasteiger partial charge on any atom is -0.348 e. The molecule has 0 aliphatic carbocycles. The average molecular weight is 374 g/mol. The smallest absolute Gasteiger partial charge is 0.348 e. The van der Waals surface area contributed by atoms with E-state index in [1.807, 2.05) is 0 Å². The fourth-order valence-corrected chi connectivity index (χ4v) is 2.26. The van der Waals surface area contributed by atoms with Crippen molar-refractivity contribution in [3.8, 4) is 22.8 Å². The fraction of sp³-hybridized carbons (Fsp3) is 0.118. The molecular formula is C17H13F3N6O. The largest absolute Gasteiger partial charge is 0.350 e. The van der Waals surface area contributed by atoms with Crippen molar-refractivity contribution in [3.05, 3.63) is 60.4 Å². The third-order valence-corrected chi connectivity index (χ3v) is 3.57. The lowest BCUT2D eigenvalue weighted by Crippen LogP contribution is -2.20. The van der Waals surface area contributed by atoms with Gasteiger partial charge < -0.3 is 5.32 Å². The number of nitrogens with zero attached hydrogens (tertiary/aromatic N) is 5. The van der Waals surface area contributed by atoms with Crippen LogP contribution in [-0.4, -0.2) is 31.1 Å². The van der Waals surface area contributed by atoms with E-state index in [4.69, 9.17) is 0 Å². The van der Waals surface area contributed by atoms with Crippen LogP contribution in [-0.2, 0) is 11.3 Å². The third kappa shape index (κ3) is 4.17. The minimum absolute atomic E-state index is 0.0557. The van der Waals surface area contributed by atoms with Crippen LogP contribution in [0.2, 0.25) is 0 Å². The van der Waals surface area contributed by atoms with Gasteiger partial charge in [-0.05, 0) is 41.6 Å². The first-order valence-electron chi connectivity index (χ1n) is 7.72. The Morgan fingerprint density at radius 2 is 1.96 bits per heavy atom. The van der Waals surface area contributed by atoms with Crippen LogP contribution in [0.5, 0.6) is 0 Å². The molecule has 10 heteroatoms. The second-order valence-electron chi connectivity index (χ2n) is 5.34. The monoisotopic (exact) mass is 374 g/mol. The summed E-state index contributed by atoms with van der Waals surface area (Å²) >= 11 is 0. The summed E-state index contributed by atoms with van der Waals surface area (Å²) < 4.78 is 38.6. The molecule has 0 unspecified atom stereocenters. The number of nitrogens with one attached hydrogen (secondary N) is 1. The number of alkyl halides is 2. The van der Waals surface area contributed by atoms with Crippen LogP contribution in [0.1, 0.15) is 12.1 Å². The summed E-state index contributed by atoms with van der Waals surface area (Å²) in [4.78, 5) is 16.0. The molecule has 0 fully saturated rings. The first kappa shape index (κ1) is 18.2. The van der Waals surface area contributed by atoms with Crippen molar-refractivity contribution in [2.24, 2.45) is 0 Å². The van der Waals surface area contributed by atoms with Crippen LogP contribution in [0, 0.1) is 5.82 Å². The summed E-state index contributed by atoms with van der Waals surface area (Å²) in [5, 5.41) is 13.1. The molecule has 27 heavy (non-hydrogen) atoms. The molecule has 0 bridgehead atoms. The average Bonchev–Trinajstić information content (AvgIpc) is 3.17. The minimum atomic E-state index is -2.95. The second kappa shape index (κ2) is 7.77. The van der Waals surface area contributed by atoms with Crippen LogP contribution in [0.25, 0.3) is 22.8 Å². The number of carbonyl (C=O) groups excluding carboxylic acids is 1. The topological polar surface area (TPSA) is 85.6 Å². The Balaban J connectivity index is 2.03. The zero-order chi connectivity index (χ0) is 19.4. The van der Waals surface area contributed by atoms with E-state index >= 15 is 0 Å². The Bertz CT molecular complexity index is 971. The van der Waals surface area contributed by atoms with Crippen molar-refractivity contribution in [1.82, 2.24) is 30.5 Å². The molecule has 2 heterocycles. The molecule has 138 valence electrons. The third-order valence-electron chi connectivity index (χ3n) is 3.57. The lowest BCUT2D eigenvalue weighted by molar-refractivity contribution is -0.116. The maximum atomic E-state index is 13.1. The molecule has 0 aliphatic heterocycles. The van der Waals surface area contributed by atoms with E-state index in [0.717, 1.165) is 6.08 Å². The number of benzene rings is 1. The molecule has 1 amide bonds. The molecule has 7 nitrogen and oxygen atoms in total. The Labute approximate surface area is 151 Å². The van der Waals surface area contributed by atoms with Crippen molar-refractivity contribution in [3.63, 3.8) is 0 Å². The van der Waals surface area contributed by atoms with E-state index in [2.05, 4.69) is 32.3 Å². The van der Waals surface area contributed by atoms with E-state index in [1.54, 1.807) is 12.1 Å². The van der Waals surface area contributed by atoms with Crippen LogP contribution in [0.15, 0.2) is 49.1 Å². The number of halogens is 3. The van der Waals surface area contributed by atoms with E-state index in [9.17, 15) is 18.0 Å². The van der Waals surface area contributed by atoms with Crippen LogP contribution < -0.4 is 5.32 Å².